The average molecular weight is 225 g/mol. The number of pyridine rings is 1. The second kappa shape index (κ2) is 4.95. The van der Waals surface area contributed by atoms with Gasteiger partial charge in [0.05, 0.1) is 10.7 Å². The number of hydrogen-bond donors (Lipinski definition) is 1. The summed E-state index contributed by atoms with van der Waals surface area (Å²) < 4.78 is 0. The highest BCUT2D eigenvalue weighted by Crippen LogP contribution is 2.32. The van der Waals surface area contributed by atoms with E-state index in [1.54, 1.807) is 6.20 Å². The van der Waals surface area contributed by atoms with Crippen LogP contribution in [0.25, 0.3) is 0 Å². The Balaban J connectivity index is 2.00. The topological polar surface area (TPSA) is 38.9 Å². The maximum absolute atomic E-state index is 6.13. The van der Waals surface area contributed by atoms with E-state index in [0.29, 0.717) is 5.02 Å². The Hall–Kier alpha value is -0.600. The molecule has 0 radical (unpaired) electrons. The largest absolute Gasteiger partial charge is 0.323 e. The van der Waals surface area contributed by atoms with Gasteiger partial charge in [-0.3, -0.25) is 4.98 Å². The van der Waals surface area contributed by atoms with Crippen LogP contribution in [0, 0.1) is 5.92 Å². The van der Waals surface area contributed by atoms with Gasteiger partial charge in [0.25, 0.3) is 0 Å². The number of nitrogens with zero attached hydrogens (tertiary/aromatic N) is 1. The minimum atomic E-state index is 0.00167. The van der Waals surface area contributed by atoms with Gasteiger partial charge in [0, 0.05) is 12.2 Å². The molecule has 2 rings (SSSR count). The summed E-state index contributed by atoms with van der Waals surface area (Å²) in [6, 6.07) is 3.70. The van der Waals surface area contributed by atoms with Gasteiger partial charge >= 0.3 is 0 Å². The molecule has 2 nitrogen and oxygen atoms in total. The average Bonchev–Trinajstić information content (AvgIpc) is 2.71. The zero-order valence-electron chi connectivity index (χ0n) is 8.82. The van der Waals surface area contributed by atoms with Crippen molar-refractivity contribution >= 4 is 11.6 Å². The molecule has 1 heterocycles. The van der Waals surface area contributed by atoms with Gasteiger partial charge in [0.15, 0.2) is 0 Å². The molecule has 1 aliphatic carbocycles. The lowest BCUT2D eigenvalue weighted by atomic mass is 9.97. The highest BCUT2D eigenvalue weighted by Gasteiger charge is 2.20. The van der Waals surface area contributed by atoms with Crippen molar-refractivity contribution in [3.8, 4) is 0 Å². The van der Waals surface area contributed by atoms with Gasteiger partial charge in [-0.2, -0.15) is 0 Å². The Morgan fingerprint density at radius 3 is 2.87 bits per heavy atom. The van der Waals surface area contributed by atoms with Gasteiger partial charge in [-0.15, -0.1) is 0 Å². The van der Waals surface area contributed by atoms with E-state index in [1.165, 1.54) is 25.7 Å². The number of halogens is 1. The van der Waals surface area contributed by atoms with Gasteiger partial charge in [0.2, 0.25) is 0 Å². The maximum Gasteiger partial charge on any atom is 0.0756 e. The number of hydrogen-bond acceptors (Lipinski definition) is 2. The standard InChI is InChI=1S/C12H17ClN2/c13-10-6-3-7-15-12(10)11(14)8-9-4-1-2-5-9/h3,6-7,9,11H,1-2,4-5,8,14H2. The van der Waals surface area contributed by atoms with Crippen molar-refractivity contribution in [1.82, 2.24) is 4.98 Å². The molecule has 1 atom stereocenters. The molecule has 0 aromatic carbocycles. The van der Waals surface area contributed by atoms with Crippen molar-refractivity contribution in [3.63, 3.8) is 0 Å². The smallest absolute Gasteiger partial charge is 0.0756 e. The van der Waals surface area contributed by atoms with Crippen molar-refractivity contribution in [3.05, 3.63) is 29.0 Å². The van der Waals surface area contributed by atoms with E-state index in [9.17, 15) is 0 Å². The Kier molecular flexibility index (Phi) is 3.60. The van der Waals surface area contributed by atoms with E-state index in [-0.39, 0.29) is 6.04 Å². The molecule has 1 fully saturated rings. The zero-order chi connectivity index (χ0) is 10.7. The van der Waals surface area contributed by atoms with E-state index in [4.69, 9.17) is 17.3 Å². The molecule has 0 aliphatic heterocycles. The fraction of sp³-hybridized carbons (Fsp3) is 0.583. The first-order valence-corrected chi connectivity index (χ1v) is 6.01. The predicted molar refractivity (Wildman–Crippen MR) is 62.8 cm³/mol. The SMILES string of the molecule is NC(CC1CCCC1)c1ncccc1Cl. The predicted octanol–water partition coefficient (Wildman–Crippen LogP) is 3.32. The highest BCUT2D eigenvalue weighted by atomic mass is 35.5. The lowest BCUT2D eigenvalue weighted by Crippen LogP contribution is -2.15. The zero-order valence-corrected chi connectivity index (χ0v) is 9.58. The Labute approximate surface area is 95.8 Å². The summed E-state index contributed by atoms with van der Waals surface area (Å²) in [5.41, 5.74) is 6.98. The molecule has 0 amide bonds. The second-order valence-electron chi connectivity index (χ2n) is 4.36. The quantitative estimate of drug-likeness (QED) is 0.856. The van der Waals surface area contributed by atoms with E-state index < -0.39 is 0 Å². The Bertz CT molecular complexity index is 321. The van der Waals surface area contributed by atoms with Gasteiger partial charge in [0.1, 0.15) is 0 Å². The summed E-state index contributed by atoms with van der Waals surface area (Å²) in [6.07, 6.45) is 8.13. The number of rotatable bonds is 3. The van der Waals surface area contributed by atoms with Gasteiger partial charge in [-0.1, -0.05) is 37.3 Å². The molecule has 1 saturated carbocycles. The maximum atomic E-state index is 6.13. The molecule has 3 heteroatoms. The molecule has 0 saturated heterocycles. The van der Waals surface area contributed by atoms with Gasteiger partial charge in [-0.05, 0) is 24.5 Å². The van der Waals surface area contributed by atoms with E-state index in [0.717, 1.165) is 18.0 Å². The van der Waals surface area contributed by atoms with Crippen LogP contribution in [-0.2, 0) is 0 Å². The fourth-order valence-electron chi connectivity index (χ4n) is 2.39. The van der Waals surface area contributed by atoms with Crippen molar-refractivity contribution < 1.29 is 0 Å². The third-order valence-electron chi connectivity index (χ3n) is 3.20. The molecular formula is C12H17ClN2. The molecular weight excluding hydrogens is 208 g/mol. The Morgan fingerprint density at radius 1 is 1.47 bits per heavy atom. The van der Waals surface area contributed by atoms with E-state index >= 15 is 0 Å². The molecule has 1 aromatic heterocycles. The lowest BCUT2D eigenvalue weighted by molar-refractivity contribution is 0.446. The first-order valence-electron chi connectivity index (χ1n) is 5.63. The fourth-order valence-corrected chi connectivity index (χ4v) is 2.65. The van der Waals surface area contributed by atoms with E-state index in [2.05, 4.69) is 4.98 Å². The van der Waals surface area contributed by atoms with Crippen LogP contribution in [0.2, 0.25) is 5.02 Å². The minimum absolute atomic E-state index is 0.00167. The van der Waals surface area contributed by atoms with Crippen LogP contribution in [0.4, 0.5) is 0 Å². The molecule has 1 aromatic rings. The van der Waals surface area contributed by atoms with Crippen molar-refractivity contribution in [1.29, 1.82) is 0 Å². The van der Waals surface area contributed by atoms with Crippen molar-refractivity contribution in [2.45, 2.75) is 38.1 Å². The van der Waals surface area contributed by atoms with Gasteiger partial charge < -0.3 is 5.73 Å². The third kappa shape index (κ3) is 2.70. The Morgan fingerprint density at radius 2 is 2.20 bits per heavy atom. The summed E-state index contributed by atoms with van der Waals surface area (Å²) in [6.45, 7) is 0. The summed E-state index contributed by atoms with van der Waals surface area (Å²) in [5.74, 6) is 0.776. The second-order valence-corrected chi connectivity index (χ2v) is 4.77. The molecule has 0 spiro atoms. The first kappa shape index (κ1) is 10.9. The highest BCUT2D eigenvalue weighted by molar-refractivity contribution is 6.31. The van der Waals surface area contributed by atoms with Crippen LogP contribution < -0.4 is 5.73 Å². The van der Waals surface area contributed by atoms with Crippen LogP contribution in [-0.4, -0.2) is 4.98 Å². The van der Waals surface area contributed by atoms with E-state index in [1.807, 2.05) is 12.1 Å². The molecule has 1 aliphatic rings. The van der Waals surface area contributed by atoms with Crippen LogP contribution in [0.1, 0.15) is 43.8 Å². The van der Waals surface area contributed by atoms with Crippen LogP contribution in [0.3, 0.4) is 0 Å². The summed E-state index contributed by atoms with van der Waals surface area (Å²) in [7, 11) is 0. The lowest BCUT2D eigenvalue weighted by Gasteiger charge is -2.16. The van der Waals surface area contributed by atoms with Gasteiger partial charge in [-0.25, -0.2) is 0 Å². The number of nitrogens with two attached hydrogens (primary N) is 1. The summed E-state index contributed by atoms with van der Waals surface area (Å²) >= 11 is 6.06. The summed E-state index contributed by atoms with van der Waals surface area (Å²) in [4.78, 5) is 4.26. The van der Waals surface area contributed by atoms with Crippen molar-refractivity contribution in [2.24, 2.45) is 11.7 Å². The monoisotopic (exact) mass is 224 g/mol. The molecule has 2 N–H and O–H groups in total. The van der Waals surface area contributed by atoms with Crippen LogP contribution in [0.5, 0.6) is 0 Å². The first-order chi connectivity index (χ1) is 7.27. The third-order valence-corrected chi connectivity index (χ3v) is 3.52. The van der Waals surface area contributed by atoms with Crippen LogP contribution in [0.15, 0.2) is 18.3 Å². The molecule has 82 valence electrons. The summed E-state index contributed by atoms with van der Waals surface area (Å²) in [5, 5.41) is 0.697. The number of aromatic nitrogens is 1. The molecule has 15 heavy (non-hydrogen) atoms. The minimum Gasteiger partial charge on any atom is -0.323 e. The van der Waals surface area contributed by atoms with Crippen LogP contribution >= 0.6 is 11.6 Å². The molecule has 1 unspecified atom stereocenters. The normalized spacial score (nSPS) is 19.3. The molecule has 0 bridgehead atoms. The van der Waals surface area contributed by atoms with Crippen molar-refractivity contribution in [2.75, 3.05) is 0 Å².